The molecule has 0 aliphatic rings. The van der Waals surface area contributed by atoms with E-state index in [4.69, 9.17) is 9.84 Å². The number of hydrogen-bond donors (Lipinski definition) is 2. The first kappa shape index (κ1) is 18.4. The quantitative estimate of drug-likeness (QED) is 0.623. The standard InChI is InChI=1S/C19H18FN3O4/c20-14-4-1-3-13(9-14)11-27-15-5-6-16-17(10-15)22-12-23(18(16)24)8-2-7-21-19(25)26/h1,3-6,9-10,12,21H,2,7-8,11H2,(H,25,26). The highest BCUT2D eigenvalue weighted by Crippen LogP contribution is 2.18. The van der Waals surface area contributed by atoms with Crippen LogP contribution in [-0.4, -0.2) is 27.3 Å². The van der Waals surface area contributed by atoms with E-state index in [0.717, 1.165) is 0 Å². The minimum atomic E-state index is -1.09. The van der Waals surface area contributed by atoms with Gasteiger partial charge in [-0.05, 0) is 36.2 Å². The number of rotatable bonds is 7. The van der Waals surface area contributed by atoms with Gasteiger partial charge in [0, 0.05) is 19.2 Å². The van der Waals surface area contributed by atoms with Crippen LogP contribution in [0.3, 0.4) is 0 Å². The number of aromatic nitrogens is 2. The normalized spacial score (nSPS) is 10.7. The van der Waals surface area contributed by atoms with Crippen molar-refractivity contribution in [1.82, 2.24) is 14.9 Å². The monoisotopic (exact) mass is 371 g/mol. The number of halogens is 1. The lowest BCUT2D eigenvalue weighted by atomic mass is 10.2. The Morgan fingerprint density at radius 3 is 2.89 bits per heavy atom. The van der Waals surface area contributed by atoms with Crippen molar-refractivity contribution in [3.8, 4) is 5.75 Å². The van der Waals surface area contributed by atoms with E-state index in [1.807, 2.05) is 0 Å². The SMILES string of the molecule is O=C(O)NCCCn1cnc2cc(OCc3cccc(F)c3)ccc2c1=O. The summed E-state index contributed by atoms with van der Waals surface area (Å²) in [5.74, 6) is 0.206. The number of aryl methyl sites for hydroxylation is 1. The molecule has 0 bridgehead atoms. The molecule has 1 aromatic heterocycles. The van der Waals surface area contributed by atoms with Gasteiger partial charge in [-0.3, -0.25) is 9.36 Å². The van der Waals surface area contributed by atoms with Crippen LogP contribution < -0.4 is 15.6 Å². The van der Waals surface area contributed by atoms with Crippen LogP contribution in [-0.2, 0) is 13.2 Å². The van der Waals surface area contributed by atoms with Crippen LogP contribution in [0.2, 0.25) is 0 Å². The van der Waals surface area contributed by atoms with E-state index >= 15 is 0 Å². The predicted octanol–water partition coefficient (Wildman–Crippen LogP) is 2.77. The first-order valence-corrected chi connectivity index (χ1v) is 8.36. The van der Waals surface area contributed by atoms with Crippen molar-refractivity contribution >= 4 is 17.0 Å². The summed E-state index contributed by atoms with van der Waals surface area (Å²) in [5.41, 5.74) is 0.997. The maximum absolute atomic E-state index is 13.2. The van der Waals surface area contributed by atoms with Crippen LogP contribution in [0.4, 0.5) is 9.18 Å². The predicted molar refractivity (Wildman–Crippen MR) is 97.4 cm³/mol. The molecule has 0 unspecified atom stereocenters. The Labute approximate surface area is 154 Å². The van der Waals surface area contributed by atoms with Crippen LogP contribution in [0.15, 0.2) is 53.6 Å². The molecule has 1 amide bonds. The lowest BCUT2D eigenvalue weighted by Crippen LogP contribution is -2.26. The molecule has 3 aromatic rings. The van der Waals surface area contributed by atoms with Crippen molar-refractivity contribution < 1.29 is 19.0 Å². The first-order valence-electron chi connectivity index (χ1n) is 8.36. The van der Waals surface area contributed by atoms with Crippen molar-refractivity contribution in [2.75, 3.05) is 6.54 Å². The average Bonchev–Trinajstić information content (AvgIpc) is 2.65. The summed E-state index contributed by atoms with van der Waals surface area (Å²) in [4.78, 5) is 27.2. The molecule has 0 fully saturated rings. The van der Waals surface area contributed by atoms with E-state index < -0.39 is 6.09 Å². The fourth-order valence-corrected chi connectivity index (χ4v) is 2.63. The van der Waals surface area contributed by atoms with Gasteiger partial charge in [0.05, 0.1) is 17.2 Å². The number of carboxylic acid groups (broad SMARTS) is 1. The summed E-state index contributed by atoms with van der Waals surface area (Å²) >= 11 is 0. The van der Waals surface area contributed by atoms with Gasteiger partial charge in [0.2, 0.25) is 0 Å². The minimum Gasteiger partial charge on any atom is -0.489 e. The lowest BCUT2D eigenvalue weighted by Gasteiger charge is -2.09. The molecule has 2 aromatic carbocycles. The number of hydrogen-bond acceptors (Lipinski definition) is 4. The van der Waals surface area contributed by atoms with E-state index in [-0.39, 0.29) is 24.5 Å². The third-order valence-electron chi connectivity index (χ3n) is 3.94. The van der Waals surface area contributed by atoms with Gasteiger partial charge >= 0.3 is 6.09 Å². The molecule has 0 spiro atoms. The number of nitrogens with one attached hydrogen (secondary N) is 1. The third-order valence-corrected chi connectivity index (χ3v) is 3.94. The highest BCUT2D eigenvalue weighted by Gasteiger charge is 2.06. The minimum absolute atomic E-state index is 0.202. The summed E-state index contributed by atoms with van der Waals surface area (Å²) < 4.78 is 20.3. The molecule has 0 atom stereocenters. The van der Waals surface area contributed by atoms with Crippen LogP contribution in [0.1, 0.15) is 12.0 Å². The Balaban J connectivity index is 1.69. The van der Waals surface area contributed by atoms with Gasteiger partial charge in [0.25, 0.3) is 5.56 Å². The molecule has 27 heavy (non-hydrogen) atoms. The fourth-order valence-electron chi connectivity index (χ4n) is 2.63. The van der Waals surface area contributed by atoms with E-state index in [2.05, 4.69) is 10.3 Å². The molecule has 140 valence electrons. The summed E-state index contributed by atoms with van der Waals surface area (Å²) in [7, 11) is 0. The Kier molecular flexibility index (Phi) is 5.65. The number of benzene rings is 2. The van der Waals surface area contributed by atoms with Crippen molar-refractivity contribution in [1.29, 1.82) is 0 Å². The second-order valence-electron chi connectivity index (χ2n) is 5.93. The maximum atomic E-state index is 13.2. The molecule has 0 saturated carbocycles. The molecule has 0 radical (unpaired) electrons. The molecule has 2 N–H and O–H groups in total. The fraction of sp³-hybridized carbons (Fsp3) is 0.211. The second-order valence-corrected chi connectivity index (χ2v) is 5.93. The van der Waals surface area contributed by atoms with E-state index in [0.29, 0.717) is 35.2 Å². The largest absolute Gasteiger partial charge is 0.489 e. The van der Waals surface area contributed by atoms with Gasteiger partial charge in [0.1, 0.15) is 18.2 Å². The zero-order valence-electron chi connectivity index (χ0n) is 14.4. The summed E-state index contributed by atoms with van der Waals surface area (Å²) in [6.45, 7) is 0.823. The molecule has 0 aliphatic heterocycles. The first-order chi connectivity index (χ1) is 13.0. The van der Waals surface area contributed by atoms with Crippen LogP contribution in [0, 0.1) is 5.82 Å². The number of nitrogens with zero attached hydrogens (tertiary/aromatic N) is 2. The Morgan fingerprint density at radius 2 is 2.11 bits per heavy atom. The lowest BCUT2D eigenvalue weighted by molar-refractivity contribution is 0.194. The number of ether oxygens (including phenoxy) is 1. The summed E-state index contributed by atoms with van der Waals surface area (Å²) in [6.07, 6.45) is 0.820. The van der Waals surface area contributed by atoms with Gasteiger partial charge in [-0.1, -0.05) is 12.1 Å². The zero-order valence-corrected chi connectivity index (χ0v) is 14.4. The Hall–Kier alpha value is -3.42. The van der Waals surface area contributed by atoms with Crippen LogP contribution in [0.5, 0.6) is 5.75 Å². The zero-order chi connectivity index (χ0) is 19.2. The number of fused-ring (bicyclic) bond motifs is 1. The molecule has 0 aliphatic carbocycles. The van der Waals surface area contributed by atoms with Crippen molar-refractivity contribution in [3.63, 3.8) is 0 Å². The highest BCUT2D eigenvalue weighted by atomic mass is 19.1. The molecular weight excluding hydrogens is 353 g/mol. The van der Waals surface area contributed by atoms with Crippen molar-refractivity contribution in [2.45, 2.75) is 19.6 Å². The Bertz CT molecular complexity index is 1020. The van der Waals surface area contributed by atoms with E-state index in [9.17, 15) is 14.0 Å². The maximum Gasteiger partial charge on any atom is 0.404 e. The van der Waals surface area contributed by atoms with Crippen molar-refractivity contribution in [3.05, 3.63) is 70.5 Å². The molecular formula is C19H18FN3O4. The smallest absolute Gasteiger partial charge is 0.404 e. The van der Waals surface area contributed by atoms with Gasteiger partial charge < -0.3 is 15.2 Å². The van der Waals surface area contributed by atoms with Crippen LogP contribution in [0.25, 0.3) is 10.9 Å². The van der Waals surface area contributed by atoms with E-state index in [1.54, 1.807) is 30.3 Å². The van der Waals surface area contributed by atoms with Gasteiger partial charge in [-0.15, -0.1) is 0 Å². The van der Waals surface area contributed by atoms with Gasteiger partial charge in [-0.25, -0.2) is 14.2 Å². The third kappa shape index (κ3) is 4.81. The van der Waals surface area contributed by atoms with Gasteiger partial charge in [-0.2, -0.15) is 0 Å². The molecule has 1 heterocycles. The topological polar surface area (TPSA) is 93.5 Å². The number of amides is 1. The van der Waals surface area contributed by atoms with E-state index in [1.165, 1.54) is 23.0 Å². The molecule has 7 nitrogen and oxygen atoms in total. The second kappa shape index (κ2) is 8.31. The average molecular weight is 371 g/mol. The summed E-state index contributed by atoms with van der Waals surface area (Å²) in [6, 6.07) is 11.1. The van der Waals surface area contributed by atoms with Crippen LogP contribution >= 0.6 is 0 Å². The van der Waals surface area contributed by atoms with Gasteiger partial charge in [0.15, 0.2) is 0 Å². The highest BCUT2D eigenvalue weighted by molar-refractivity contribution is 5.78. The molecule has 3 rings (SSSR count). The summed E-state index contributed by atoms with van der Waals surface area (Å²) in [5, 5.41) is 11.2. The number of carbonyl (C=O) groups is 1. The molecule has 8 heteroatoms. The molecule has 0 saturated heterocycles. The van der Waals surface area contributed by atoms with Crippen molar-refractivity contribution in [2.24, 2.45) is 0 Å². The Morgan fingerprint density at radius 1 is 1.26 bits per heavy atom.